The molecular formula is C17H14N4O3. The molecule has 0 atom stereocenters. The number of nitrogens with zero attached hydrogens (tertiary/aromatic N) is 3. The minimum Gasteiger partial charge on any atom is -0.506 e. The summed E-state index contributed by atoms with van der Waals surface area (Å²) in [5.41, 5.74) is 3.85. The molecule has 0 bridgehead atoms. The van der Waals surface area contributed by atoms with Crippen LogP contribution in [0.15, 0.2) is 53.6 Å². The first-order chi connectivity index (χ1) is 11.7. The summed E-state index contributed by atoms with van der Waals surface area (Å²) in [4.78, 5) is 20.2. The van der Waals surface area contributed by atoms with Gasteiger partial charge in [-0.2, -0.15) is 5.10 Å². The van der Waals surface area contributed by atoms with Crippen molar-refractivity contribution >= 4 is 23.0 Å². The molecule has 3 N–H and O–H groups in total. The maximum absolute atomic E-state index is 11.9. The second kappa shape index (κ2) is 6.84. The van der Waals surface area contributed by atoms with E-state index < -0.39 is 5.91 Å². The van der Waals surface area contributed by atoms with Crippen molar-refractivity contribution in [3.63, 3.8) is 0 Å². The van der Waals surface area contributed by atoms with E-state index in [4.69, 9.17) is 5.11 Å². The standard InChI is InChI=1S/C17H14N4O3/c22-10-13-4-2-5-14(19-13)17(24)21-18-9-12-8-7-11-3-1-6-15(23)16(11)20-12/h1-9,22-23H,10H2,(H,21,24)/b18-9+. The van der Waals surface area contributed by atoms with Crippen LogP contribution in [0.3, 0.4) is 0 Å². The maximum Gasteiger partial charge on any atom is 0.289 e. The van der Waals surface area contributed by atoms with Crippen molar-refractivity contribution in [3.8, 4) is 5.75 Å². The molecule has 7 nitrogen and oxygen atoms in total. The van der Waals surface area contributed by atoms with Gasteiger partial charge in [0.1, 0.15) is 17.0 Å². The van der Waals surface area contributed by atoms with Crippen molar-refractivity contribution in [1.29, 1.82) is 0 Å². The van der Waals surface area contributed by atoms with Crippen LogP contribution in [-0.4, -0.2) is 32.3 Å². The molecule has 3 rings (SSSR count). The van der Waals surface area contributed by atoms with Gasteiger partial charge >= 0.3 is 0 Å². The molecule has 7 heteroatoms. The highest BCUT2D eigenvalue weighted by molar-refractivity contribution is 5.93. The molecule has 2 aromatic heterocycles. The first-order valence-electron chi connectivity index (χ1n) is 7.16. The number of rotatable bonds is 4. The van der Waals surface area contributed by atoms with Gasteiger partial charge in [0.15, 0.2) is 0 Å². The van der Waals surface area contributed by atoms with Crippen molar-refractivity contribution in [2.45, 2.75) is 6.61 Å². The second-order valence-corrected chi connectivity index (χ2v) is 4.96. The third kappa shape index (κ3) is 3.36. The zero-order chi connectivity index (χ0) is 16.9. The van der Waals surface area contributed by atoms with Crippen LogP contribution in [-0.2, 0) is 6.61 Å². The first kappa shape index (κ1) is 15.6. The number of phenols is 1. The van der Waals surface area contributed by atoms with Gasteiger partial charge < -0.3 is 10.2 Å². The Morgan fingerprint density at radius 2 is 1.96 bits per heavy atom. The number of aromatic nitrogens is 2. The molecule has 3 aromatic rings. The molecule has 2 heterocycles. The van der Waals surface area contributed by atoms with Gasteiger partial charge in [-0.1, -0.05) is 24.3 Å². The van der Waals surface area contributed by atoms with Crippen molar-refractivity contribution < 1.29 is 15.0 Å². The van der Waals surface area contributed by atoms with Gasteiger partial charge in [0.05, 0.1) is 24.2 Å². The van der Waals surface area contributed by atoms with E-state index >= 15 is 0 Å². The Morgan fingerprint density at radius 3 is 2.79 bits per heavy atom. The number of hydrogen-bond acceptors (Lipinski definition) is 6. The van der Waals surface area contributed by atoms with Crippen LogP contribution in [0, 0.1) is 0 Å². The van der Waals surface area contributed by atoms with Crippen molar-refractivity contribution in [3.05, 3.63) is 65.6 Å². The van der Waals surface area contributed by atoms with Crippen LogP contribution in [0.25, 0.3) is 10.9 Å². The van der Waals surface area contributed by atoms with E-state index in [9.17, 15) is 9.90 Å². The molecule has 0 unspecified atom stereocenters. The summed E-state index contributed by atoms with van der Waals surface area (Å²) in [7, 11) is 0. The van der Waals surface area contributed by atoms with E-state index in [1.54, 1.807) is 36.4 Å². The summed E-state index contributed by atoms with van der Waals surface area (Å²) in [6, 6.07) is 13.4. The van der Waals surface area contributed by atoms with E-state index in [0.717, 1.165) is 5.39 Å². The predicted molar refractivity (Wildman–Crippen MR) is 88.6 cm³/mol. The number of carbonyl (C=O) groups is 1. The lowest BCUT2D eigenvalue weighted by molar-refractivity contribution is 0.0949. The third-order valence-electron chi connectivity index (χ3n) is 3.28. The molecule has 0 saturated heterocycles. The number of phenolic OH excluding ortho intramolecular Hbond substituents is 1. The molecule has 0 fully saturated rings. The highest BCUT2D eigenvalue weighted by Crippen LogP contribution is 2.21. The van der Waals surface area contributed by atoms with E-state index in [-0.39, 0.29) is 18.1 Å². The highest BCUT2D eigenvalue weighted by atomic mass is 16.3. The van der Waals surface area contributed by atoms with Gasteiger partial charge in [-0.15, -0.1) is 0 Å². The Bertz CT molecular complexity index is 925. The summed E-state index contributed by atoms with van der Waals surface area (Å²) < 4.78 is 0. The number of hydrogen-bond donors (Lipinski definition) is 3. The minimum absolute atomic E-state index is 0.0804. The summed E-state index contributed by atoms with van der Waals surface area (Å²) in [6.45, 7) is -0.241. The van der Waals surface area contributed by atoms with Gasteiger partial charge in [0, 0.05) is 5.39 Å². The molecule has 120 valence electrons. The number of hydrazone groups is 1. The Kier molecular flexibility index (Phi) is 4.44. The molecule has 24 heavy (non-hydrogen) atoms. The summed E-state index contributed by atoms with van der Waals surface area (Å²) in [5.74, 6) is -0.415. The van der Waals surface area contributed by atoms with Gasteiger partial charge in [-0.05, 0) is 24.3 Å². The third-order valence-corrected chi connectivity index (χ3v) is 3.28. The lowest BCUT2D eigenvalue weighted by Crippen LogP contribution is -2.19. The average molecular weight is 322 g/mol. The Balaban J connectivity index is 1.74. The zero-order valence-electron chi connectivity index (χ0n) is 12.5. The molecule has 1 aromatic carbocycles. The smallest absolute Gasteiger partial charge is 0.289 e. The molecule has 0 aliphatic carbocycles. The van der Waals surface area contributed by atoms with Crippen LogP contribution in [0.1, 0.15) is 21.9 Å². The molecule has 0 aliphatic heterocycles. The number of benzene rings is 1. The number of fused-ring (bicyclic) bond motifs is 1. The lowest BCUT2D eigenvalue weighted by Gasteiger charge is -2.02. The highest BCUT2D eigenvalue weighted by Gasteiger charge is 2.06. The van der Waals surface area contributed by atoms with Gasteiger partial charge in [-0.3, -0.25) is 4.79 Å². The molecule has 0 saturated carbocycles. The maximum atomic E-state index is 11.9. The Hall–Kier alpha value is -3.32. The van der Waals surface area contributed by atoms with Gasteiger partial charge in [0.2, 0.25) is 0 Å². The van der Waals surface area contributed by atoms with Crippen LogP contribution >= 0.6 is 0 Å². The number of aliphatic hydroxyl groups is 1. The summed E-state index contributed by atoms with van der Waals surface area (Å²) in [5, 5.41) is 23.5. The van der Waals surface area contributed by atoms with Crippen LogP contribution in [0.5, 0.6) is 5.75 Å². The summed E-state index contributed by atoms with van der Waals surface area (Å²) >= 11 is 0. The fourth-order valence-electron chi connectivity index (χ4n) is 2.13. The van der Waals surface area contributed by atoms with Crippen molar-refractivity contribution in [2.75, 3.05) is 0 Å². The van der Waals surface area contributed by atoms with E-state index in [1.165, 1.54) is 12.3 Å². The molecule has 1 amide bonds. The topological polar surface area (TPSA) is 108 Å². The Labute approximate surface area is 137 Å². The molecule has 0 spiro atoms. The van der Waals surface area contributed by atoms with Crippen LogP contribution in [0.2, 0.25) is 0 Å². The summed E-state index contributed by atoms with van der Waals surface area (Å²) in [6.07, 6.45) is 1.37. The SMILES string of the molecule is O=C(N/N=C/c1ccc2cccc(O)c2n1)c1cccc(CO)n1. The lowest BCUT2D eigenvalue weighted by atomic mass is 10.2. The zero-order valence-corrected chi connectivity index (χ0v) is 12.5. The van der Waals surface area contributed by atoms with Crippen molar-refractivity contribution in [2.24, 2.45) is 5.10 Å². The van der Waals surface area contributed by atoms with Gasteiger partial charge in [-0.25, -0.2) is 15.4 Å². The van der Waals surface area contributed by atoms with E-state index in [1.807, 2.05) is 6.07 Å². The fourth-order valence-corrected chi connectivity index (χ4v) is 2.13. The first-order valence-corrected chi connectivity index (χ1v) is 7.16. The number of nitrogens with one attached hydrogen (secondary N) is 1. The van der Waals surface area contributed by atoms with E-state index in [0.29, 0.717) is 16.9 Å². The average Bonchev–Trinajstić information content (AvgIpc) is 2.62. The minimum atomic E-state index is -0.495. The molecule has 0 radical (unpaired) electrons. The largest absolute Gasteiger partial charge is 0.506 e. The molecular weight excluding hydrogens is 308 g/mol. The van der Waals surface area contributed by atoms with E-state index in [2.05, 4.69) is 20.5 Å². The normalized spacial score (nSPS) is 11.0. The number of para-hydroxylation sites is 1. The van der Waals surface area contributed by atoms with Crippen LogP contribution in [0.4, 0.5) is 0 Å². The monoisotopic (exact) mass is 322 g/mol. The Morgan fingerprint density at radius 1 is 1.12 bits per heavy atom. The second-order valence-electron chi connectivity index (χ2n) is 4.96. The number of amides is 1. The number of aromatic hydroxyl groups is 1. The van der Waals surface area contributed by atoms with Gasteiger partial charge in [0.25, 0.3) is 5.91 Å². The van der Waals surface area contributed by atoms with Crippen LogP contribution < -0.4 is 5.43 Å². The number of aliphatic hydroxyl groups excluding tert-OH is 1. The predicted octanol–water partition coefficient (Wildman–Crippen LogP) is 1.59. The molecule has 0 aliphatic rings. The fraction of sp³-hybridized carbons (Fsp3) is 0.0588. The van der Waals surface area contributed by atoms with Crippen molar-refractivity contribution in [1.82, 2.24) is 15.4 Å². The number of carbonyl (C=O) groups excluding carboxylic acids is 1. The number of pyridine rings is 2. The quantitative estimate of drug-likeness (QED) is 0.499.